The van der Waals surface area contributed by atoms with Gasteiger partial charge >= 0.3 is 58.5 Å². The molecule has 0 aliphatic heterocycles. The van der Waals surface area contributed by atoms with Crippen LogP contribution < -0.4 is 66.7 Å². The molecule has 6 heteroatoms. The number of hydrogen-bond donors (Lipinski definition) is 2. The third kappa shape index (κ3) is 18.9. The first-order valence-electron chi connectivity index (χ1n) is 15.2. The largest absolute Gasteiger partial charge is 1.00 e. The number of rotatable bonds is 3. The van der Waals surface area contributed by atoms with Gasteiger partial charge < -0.3 is 19.9 Å². The van der Waals surface area contributed by atoms with Crippen LogP contribution in [0.2, 0.25) is 0 Å². The van der Waals surface area contributed by atoms with Crippen molar-refractivity contribution >= 4 is 12.6 Å². The van der Waals surface area contributed by atoms with Gasteiger partial charge in [-0.25, -0.2) is 0 Å². The second-order valence-electron chi connectivity index (χ2n) is 14.1. The Labute approximate surface area is 316 Å². The Balaban J connectivity index is 0.000000628. The Bertz CT molecular complexity index is 1320. The van der Waals surface area contributed by atoms with Crippen LogP contribution in [0.5, 0.6) is 5.75 Å². The molecule has 0 unspecified atom stereocenters. The molecule has 4 rings (SSSR count). The zero-order chi connectivity index (χ0) is 33.7. The summed E-state index contributed by atoms with van der Waals surface area (Å²) >= 11 is 0. The topological polar surface area (TPSA) is 72.8 Å². The maximum absolute atomic E-state index is 10.1. The van der Waals surface area contributed by atoms with Crippen LogP contribution in [0.15, 0.2) is 97.1 Å². The number of hydrogen-bond acceptors (Lipinski definition) is 4. The van der Waals surface area contributed by atoms with E-state index in [1.54, 1.807) is 40.0 Å². The zero-order valence-corrected chi connectivity index (χ0v) is 33.1. The quantitative estimate of drug-likeness (QED) is 0.318. The molecule has 0 aliphatic carbocycles. The fourth-order valence-electron chi connectivity index (χ4n) is 3.74. The molecule has 0 radical (unpaired) electrons. The van der Waals surface area contributed by atoms with Crippen LogP contribution in [0.4, 0.5) is 0 Å². The molecule has 0 spiro atoms. The average Bonchev–Trinajstić information content (AvgIpc) is 2.94. The minimum Gasteiger partial charge on any atom is -0.850 e. The predicted octanol–water partition coefficient (Wildman–Crippen LogP) is 4.78. The monoisotopic (exact) mass is 636 g/mol. The summed E-state index contributed by atoms with van der Waals surface area (Å²) in [5, 5.41) is 27.9. The first-order valence-corrected chi connectivity index (χ1v) is 15.2. The van der Waals surface area contributed by atoms with E-state index < -0.39 is 12.7 Å². The summed E-state index contributed by atoms with van der Waals surface area (Å²) in [6, 6.07) is 32.8. The van der Waals surface area contributed by atoms with E-state index in [0.29, 0.717) is 5.46 Å². The third-order valence-corrected chi connectivity index (χ3v) is 6.47. The van der Waals surface area contributed by atoms with E-state index in [1.807, 2.05) is 24.3 Å². The smallest absolute Gasteiger partial charge is 0.850 e. The summed E-state index contributed by atoms with van der Waals surface area (Å²) < 4.78 is 5.17. The molecule has 4 aromatic carbocycles. The van der Waals surface area contributed by atoms with E-state index >= 15 is 0 Å². The van der Waals surface area contributed by atoms with Crippen molar-refractivity contribution in [1.29, 1.82) is 0 Å². The van der Waals surface area contributed by atoms with Gasteiger partial charge in [0.15, 0.2) is 0 Å². The van der Waals surface area contributed by atoms with Crippen molar-refractivity contribution in [2.45, 2.75) is 92.6 Å². The van der Waals surface area contributed by atoms with Gasteiger partial charge in [-0.15, -0.1) is 5.60 Å². The maximum Gasteiger partial charge on any atom is 1.00 e. The van der Waals surface area contributed by atoms with Crippen LogP contribution >= 0.6 is 0 Å². The SMILES string of the molecule is CC(C)(C)[O-].CC(C)(C)c1ccc(B(O)O)cc1.COc1ccc(-c2ccc(C(C)(C)C)cc2)cc1.Cc1ccc(C)cc1.[K+]. The molecule has 0 aromatic heterocycles. The standard InChI is InChI=1S/C17H20O.C10H15BO2.C8H10.C4H9O.K/c1-17(2,3)15-9-5-13(6-10-15)14-7-11-16(18-4)12-8-14;1-10(2,3)8-4-6-9(7-5-8)11(12)13;1-7-3-5-8(2)6-4-7;1-4(2,3)5;/h5-12H,1-4H3;4-7,12-13H,1-3H3;3-6H,1-2H3;1-3H3;/q;;;-1;+1. The van der Waals surface area contributed by atoms with Crippen molar-refractivity contribution < 1.29 is 71.3 Å². The molecule has 238 valence electrons. The Kier molecular flexibility index (Phi) is 19.0. The minimum absolute atomic E-state index is 0. The molecule has 4 aromatic rings. The normalized spacial score (nSPS) is 10.8. The van der Waals surface area contributed by atoms with Gasteiger partial charge in [-0.3, -0.25) is 0 Å². The molecule has 4 nitrogen and oxygen atoms in total. The summed E-state index contributed by atoms with van der Waals surface area (Å²) in [4.78, 5) is 0. The Morgan fingerprint density at radius 1 is 0.533 bits per heavy atom. The van der Waals surface area contributed by atoms with Gasteiger partial charge in [0.2, 0.25) is 0 Å². The third-order valence-electron chi connectivity index (χ3n) is 6.47. The van der Waals surface area contributed by atoms with Crippen LogP contribution in [-0.2, 0) is 10.8 Å². The van der Waals surface area contributed by atoms with Gasteiger partial charge in [-0.2, -0.15) is 0 Å². The number of aryl methyl sites for hydroxylation is 2. The molecule has 0 saturated carbocycles. The molecule has 45 heavy (non-hydrogen) atoms. The van der Waals surface area contributed by atoms with Crippen molar-refractivity contribution in [3.63, 3.8) is 0 Å². The second kappa shape index (κ2) is 19.8. The number of benzene rings is 4. The molecule has 0 aliphatic rings. The summed E-state index contributed by atoms with van der Waals surface area (Å²) in [7, 11) is 0.321. The van der Waals surface area contributed by atoms with E-state index in [1.165, 1.54) is 33.4 Å². The molecular weight excluding hydrogens is 582 g/mol. The van der Waals surface area contributed by atoms with Crippen LogP contribution in [0.1, 0.15) is 84.6 Å². The Morgan fingerprint density at radius 3 is 1.09 bits per heavy atom. The van der Waals surface area contributed by atoms with Crippen molar-refractivity contribution in [3.8, 4) is 16.9 Å². The van der Waals surface area contributed by atoms with Crippen molar-refractivity contribution in [2.24, 2.45) is 0 Å². The molecule has 0 amide bonds. The Morgan fingerprint density at radius 2 is 0.822 bits per heavy atom. The molecule has 0 atom stereocenters. The van der Waals surface area contributed by atoms with Crippen molar-refractivity contribution in [2.75, 3.05) is 7.11 Å². The van der Waals surface area contributed by atoms with Gasteiger partial charge in [-0.05, 0) is 64.5 Å². The summed E-state index contributed by atoms with van der Waals surface area (Å²) in [5.41, 5.74) is 7.77. The van der Waals surface area contributed by atoms with Gasteiger partial charge in [0.05, 0.1) is 7.11 Å². The molecule has 0 saturated heterocycles. The summed E-state index contributed by atoms with van der Waals surface area (Å²) in [6.45, 7) is 22.2. The summed E-state index contributed by atoms with van der Waals surface area (Å²) in [5.74, 6) is 0.894. The first-order chi connectivity index (χ1) is 20.2. The average molecular weight is 637 g/mol. The van der Waals surface area contributed by atoms with E-state index in [4.69, 9.17) is 14.8 Å². The number of methoxy groups -OCH3 is 1. The molecule has 0 fully saturated rings. The Hall–Kier alpha value is -1.74. The van der Waals surface area contributed by atoms with Gasteiger partial charge in [0.1, 0.15) is 5.75 Å². The minimum atomic E-state index is -1.37. The van der Waals surface area contributed by atoms with E-state index in [0.717, 1.165) is 5.75 Å². The van der Waals surface area contributed by atoms with Gasteiger partial charge in [-0.1, -0.05) is 158 Å². The zero-order valence-electron chi connectivity index (χ0n) is 30.0. The fraction of sp³-hybridized carbons (Fsp3) is 0.385. The fourth-order valence-corrected chi connectivity index (χ4v) is 3.74. The second-order valence-corrected chi connectivity index (χ2v) is 14.1. The molecule has 2 N–H and O–H groups in total. The molecule has 0 heterocycles. The van der Waals surface area contributed by atoms with Crippen molar-refractivity contribution in [3.05, 3.63) is 119 Å². The molecule has 0 bridgehead atoms. The van der Waals surface area contributed by atoms with Gasteiger partial charge in [0, 0.05) is 0 Å². The van der Waals surface area contributed by atoms with E-state index in [-0.39, 0.29) is 62.2 Å². The van der Waals surface area contributed by atoms with Crippen LogP contribution in [-0.4, -0.2) is 29.9 Å². The van der Waals surface area contributed by atoms with Crippen LogP contribution in [0, 0.1) is 13.8 Å². The van der Waals surface area contributed by atoms with E-state index in [9.17, 15) is 5.11 Å². The maximum atomic E-state index is 10.1. The molecular formula is C39H54BKO4. The van der Waals surface area contributed by atoms with Crippen LogP contribution in [0.3, 0.4) is 0 Å². The van der Waals surface area contributed by atoms with E-state index in [2.05, 4.69) is 116 Å². The first kappa shape index (κ1) is 43.3. The van der Waals surface area contributed by atoms with Crippen LogP contribution in [0.25, 0.3) is 11.1 Å². The summed E-state index contributed by atoms with van der Waals surface area (Å²) in [6.07, 6.45) is 0. The van der Waals surface area contributed by atoms with Gasteiger partial charge in [0.25, 0.3) is 0 Å². The van der Waals surface area contributed by atoms with Crippen molar-refractivity contribution in [1.82, 2.24) is 0 Å². The number of ether oxygens (including phenoxy) is 1. The predicted molar refractivity (Wildman–Crippen MR) is 188 cm³/mol.